The molecule has 0 radical (unpaired) electrons. The van der Waals surface area contributed by atoms with Crippen LogP contribution in [-0.2, 0) is 0 Å². The Labute approximate surface area is 127 Å². The Bertz CT molecular complexity index is 829. The highest BCUT2D eigenvalue weighted by atomic mass is 32.1. The number of fused-ring (bicyclic) bond motifs is 1. The molecule has 1 atom stereocenters. The molecule has 0 saturated carbocycles. The van der Waals surface area contributed by atoms with Crippen LogP contribution in [0.5, 0.6) is 0 Å². The minimum Gasteiger partial charge on any atom is -0.376 e. The van der Waals surface area contributed by atoms with Crippen LogP contribution >= 0.6 is 11.3 Å². The number of rotatable bonds is 3. The van der Waals surface area contributed by atoms with Crippen molar-refractivity contribution in [2.75, 3.05) is 5.32 Å². The number of aryl methyl sites for hydroxylation is 1. The lowest BCUT2D eigenvalue weighted by Crippen LogP contribution is -2.06. The predicted octanol–water partition coefficient (Wildman–Crippen LogP) is 4.65. The maximum absolute atomic E-state index is 9.21. The fourth-order valence-corrected chi connectivity index (χ4v) is 3.17. The molecule has 4 heteroatoms. The molecule has 3 nitrogen and oxygen atoms in total. The van der Waals surface area contributed by atoms with Crippen LogP contribution in [0.4, 0.5) is 5.69 Å². The average Bonchev–Trinajstić information content (AvgIpc) is 2.94. The molecule has 0 bridgehead atoms. The molecule has 0 amide bonds. The molecule has 0 aliphatic rings. The van der Waals surface area contributed by atoms with Crippen molar-refractivity contribution in [2.24, 2.45) is 0 Å². The quantitative estimate of drug-likeness (QED) is 0.764. The summed E-state index contributed by atoms with van der Waals surface area (Å²) in [4.78, 5) is 5.64. The number of thiazole rings is 1. The molecule has 0 spiro atoms. The molecule has 1 aromatic heterocycles. The summed E-state index contributed by atoms with van der Waals surface area (Å²) in [5.74, 6) is 0. The lowest BCUT2D eigenvalue weighted by molar-refractivity contribution is 0.871. The third kappa shape index (κ3) is 2.61. The molecule has 1 N–H and O–H groups in total. The van der Waals surface area contributed by atoms with E-state index in [0.717, 1.165) is 21.5 Å². The Morgan fingerprint density at radius 1 is 1.19 bits per heavy atom. The summed E-state index contributed by atoms with van der Waals surface area (Å²) >= 11 is 1.70. The molecule has 0 aliphatic heterocycles. The molecular formula is C17H15N3S. The molecule has 0 aliphatic carbocycles. The molecule has 0 saturated heterocycles. The van der Waals surface area contributed by atoms with E-state index in [1.807, 2.05) is 42.6 Å². The zero-order valence-corrected chi connectivity index (χ0v) is 12.7. The number of hydrogen-bond donors (Lipinski definition) is 1. The van der Waals surface area contributed by atoms with Gasteiger partial charge in [0.25, 0.3) is 0 Å². The standard InChI is InChI=1S/C17H15N3S/c1-11-10-19-17(21-11)12(2)20-16-8-7-13(9-18)14-5-3-4-6-15(14)16/h3-8,10,12,20H,1-2H3. The van der Waals surface area contributed by atoms with Crippen molar-refractivity contribution < 1.29 is 0 Å². The Balaban J connectivity index is 2.00. The van der Waals surface area contributed by atoms with E-state index in [-0.39, 0.29) is 6.04 Å². The Morgan fingerprint density at radius 3 is 2.62 bits per heavy atom. The summed E-state index contributed by atoms with van der Waals surface area (Å²) in [6.45, 7) is 4.16. The molecular weight excluding hydrogens is 278 g/mol. The number of nitrogens with one attached hydrogen (secondary N) is 1. The summed E-state index contributed by atoms with van der Waals surface area (Å²) in [6, 6.07) is 14.2. The van der Waals surface area contributed by atoms with Crippen molar-refractivity contribution in [1.29, 1.82) is 5.26 Å². The van der Waals surface area contributed by atoms with Gasteiger partial charge >= 0.3 is 0 Å². The number of nitriles is 1. The van der Waals surface area contributed by atoms with Crippen molar-refractivity contribution in [2.45, 2.75) is 19.9 Å². The average molecular weight is 293 g/mol. The Kier molecular flexibility index (Phi) is 3.59. The molecule has 0 fully saturated rings. The highest BCUT2D eigenvalue weighted by Crippen LogP contribution is 2.30. The topological polar surface area (TPSA) is 48.7 Å². The summed E-state index contributed by atoms with van der Waals surface area (Å²) in [5, 5.41) is 15.8. The second-order valence-electron chi connectivity index (χ2n) is 4.99. The van der Waals surface area contributed by atoms with Crippen LogP contribution < -0.4 is 5.32 Å². The van der Waals surface area contributed by atoms with Crippen molar-refractivity contribution in [3.8, 4) is 6.07 Å². The van der Waals surface area contributed by atoms with Gasteiger partial charge in [-0.2, -0.15) is 5.26 Å². The van der Waals surface area contributed by atoms with Gasteiger partial charge in [-0.05, 0) is 26.0 Å². The highest BCUT2D eigenvalue weighted by molar-refractivity contribution is 7.11. The van der Waals surface area contributed by atoms with Crippen molar-refractivity contribution >= 4 is 27.8 Å². The maximum Gasteiger partial charge on any atom is 0.115 e. The lowest BCUT2D eigenvalue weighted by atomic mass is 10.0. The minimum absolute atomic E-state index is 0.139. The fraction of sp³-hybridized carbons (Fsp3) is 0.176. The van der Waals surface area contributed by atoms with Crippen molar-refractivity contribution in [3.05, 3.63) is 58.0 Å². The SMILES string of the molecule is Cc1cnc(C(C)Nc2ccc(C#N)c3ccccc23)s1. The van der Waals surface area contributed by atoms with Gasteiger partial charge in [0, 0.05) is 27.5 Å². The molecule has 3 aromatic rings. The summed E-state index contributed by atoms with van der Waals surface area (Å²) < 4.78 is 0. The largest absolute Gasteiger partial charge is 0.376 e. The van der Waals surface area contributed by atoms with E-state index in [1.165, 1.54) is 4.88 Å². The van der Waals surface area contributed by atoms with E-state index in [2.05, 4.69) is 30.2 Å². The van der Waals surface area contributed by atoms with Crippen LogP contribution in [0.25, 0.3) is 10.8 Å². The van der Waals surface area contributed by atoms with Crippen LogP contribution in [0, 0.1) is 18.3 Å². The molecule has 1 heterocycles. The first-order chi connectivity index (χ1) is 10.2. The Morgan fingerprint density at radius 2 is 1.95 bits per heavy atom. The van der Waals surface area contributed by atoms with Gasteiger partial charge in [-0.3, -0.25) is 0 Å². The number of aromatic nitrogens is 1. The number of benzene rings is 2. The van der Waals surface area contributed by atoms with E-state index in [9.17, 15) is 5.26 Å². The second kappa shape index (κ2) is 5.55. The first-order valence-electron chi connectivity index (χ1n) is 6.80. The van der Waals surface area contributed by atoms with E-state index < -0.39 is 0 Å². The zero-order chi connectivity index (χ0) is 14.8. The molecule has 3 rings (SSSR count). The first-order valence-corrected chi connectivity index (χ1v) is 7.61. The first kappa shape index (κ1) is 13.6. The minimum atomic E-state index is 0.139. The third-order valence-electron chi connectivity index (χ3n) is 3.43. The lowest BCUT2D eigenvalue weighted by Gasteiger charge is -2.15. The third-order valence-corrected chi connectivity index (χ3v) is 4.52. The van der Waals surface area contributed by atoms with Gasteiger partial charge in [0.05, 0.1) is 17.7 Å². The second-order valence-corrected chi connectivity index (χ2v) is 6.26. The monoisotopic (exact) mass is 293 g/mol. The van der Waals surface area contributed by atoms with Gasteiger partial charge in [-0.25, -0.2) is 4.98 Å². The van der Waals surface area contributed by atoms with Gasteiger partial charge < -0.3 is 5.32 Å². The van der Waals surface area contributed by atoms with Crippen LogP contribution in [0.1, 0.15) is 28.4 Å². The zero-order valence-electron chi connectivity index (χ0n) is 11.9. The van der Waals surface area contributed by atoms with Crippen LogP contribution in [0.2, 0.25) is 0 Å². The summed E-state index contributed by atoms with van der Waals surface area (Å²) in [5.41, 5.74) is 1.74. The molecule has 104 valence electrons. The van der Waals surface area contributed by atoms with Gasteiger partial charge in [0.15, 0.2) is 0 Å². The summed E-state index contributed by atoms with van der Waals surface area (Å²) in [6.07, 6.45) is 1.90. The van der Waals surface area contributed by atoms with Gasteiger partial charge in [-0.15, -0.1) is 11.3 Å². The molecule has 21 heavy (non-hydrogen) atoms. The van der Waals surface area contributed by atoms with Crippen LogP contribution in [0.3, 0.4) is 0 Å². The Hall–Kier alpha value is -2.38. The molecule has 1 unspecified atom stereocenters. The van der Waals surface area contributed by atoms with Crippen molar-refractivity contribution in [3.63, 3.8) is 0 Å². The summed E-state index contributed by atoms with van der Waals surface area (Å²) in [7, 11) is 0. The maximum atomic E-state index is 9.21. The van der Waals surface area contributed by atoms with Crippen LogP contribution in [0.15, 0.2) is 42.6 Å². The van der Waals surface area contributed by atoms with E-state index in [0.29, 0.717) is 5.56 Å². The van der Waals surface area contributed by atoms with E-state index in [1.54, 1.807) is 11.3 Å². The van der Waals surface area contributed by atoms with Gasteiger partial charge in [-0.1, -0.05) is 24.3 Å². The van der Waals surface area contributed by atoms with E-state index in [4.69, 9.17) is 0 Å². The fourth-order valence-electron chi connectivity index (χ4n) is 2.39. The van der Waals surface area contributed by atoms with Gasteiger partial charge in [0.1, 0.15) is 5.01 Å². The molecule has 2 aromatic carbocycles. The smallest absolute Gasteiger partial charge is 0.115 e. The van der Waals surface area contributed by atoms with Gasteiger partial charge in [0.2, 0.25) is 0 Å². The normalized spacial score (nSPS) is 12.0. The predicted molar refractivity (Wildman–Crippen MR) is 87.6 cm³/mol. The number of anilines is 1. The van der Waals surface area contributed by atoms with Crippen molar-refractivity contribution in [1.82, 2.24) is 4.98 Å². The number of hydrogen-bond acceptors (Lipinski definition) is 4. The highest BCUT2D eigenvalue weighted by Gasteiger charge is 2.12. The van der Waals surface area contributed by atoms with Crippen LogP contribution in [-0.4, -0.2) is 4.98 Å². The van der Waals surface area contributed by atoms with E-state index >= 15 is 0 Å². The number of nitrogens with zero attached hydrogens (tertiary/aromatic N) is 2.